The summed E-state index contributed by atoms with van der Waals surface area (Å²) in [6.45, 7) is 7.36. The van der Waals surface area contributed by atoms with Gasteiger partial charge in [-0.3, -0.25) is 4.79 Å². The van der Waals surface area contributed by atoms with E-state index in [1.54, 1.807) is 24.3 Å². The van der Waals surface area contributed by atoms with Crippen LogP contribution in [0.3, 0.4) is 0 Å². The standard InChI is InChI=1S/C24H24BrNO5/c1-13(2)21(26-23(28)18-7-5-6-8-19(18)25)24(29)30-12-16-11-20(27)31-22-15(4)14(3)9-10-17(16)22/h5-11,13,21H,12H2,1-4H3,(H,26,28). The van der Waals surface area contributed by atoms with E-state index in [0.717, 1.165) is 11.1 Å². The molecule has 0 saturated carbocycles. The molecule has 0 fully saturated rings. The van der Waals surface area contributed by atoms with Crippen LogP contribution in [-0.2, 0) is 16.1 Å². The van der Waals surface area contributed by atoms with Crippen LogP contribution >= 0.6 is 15.9 Å². The molecule has 0 aliphatic carbocycles. The number of benzene rings is 2. The minimum absolute atomic E-state index is 0.0996. The Morgan fingerprint density at radius 1 is 1.13 bits per heavy atom. The summed E-state index contributed by atoms with van der Waals surface area (Å²) in [4.78, 5) is 37.5. The number of amides is 1. The summed E-state index contributed by atoms with van der Waals surface area (Å²) in [5.74, 6) is -1.14. The molecule has 162 valence electrons. The quantitative estimate of drug-likeness (QED) is 0.404. The Balaban J connectivity index is 1.80. The molecule has 0 aliphatic heterocycles. The van der Waals surface area contributed by atoms with Crippen LogP contribution in [0.2, 0.25) is 0 Å². The van der Waals surface area contributed by atoms with Crippen LogP contribution in [0.25, 0.3) is 11.0 Å². The van der Waals surface area contributed by atoms with Crippen molar-refractivity contribution in [1.29, 1.82) is 0 Å². The average molecular weight is 486 g/mol. The summed E-state index contributed by atoms with van der Waals surface area (Å²) in [5.41, 5.74) is 2.83. The number of hydrogen-bond acceptors (Lipinski definition) is 5. The zero-order chi connectivity index (χ0) is 22.7. The van der Waals surface area contributed by atoms with Gasteiger partial charge in [-0.25, -0.2) is 9.59 Å². The third-order valence-corrected chi connectivity index (χ3v) is 5.90. The first-order valence-electron chi connectivity index (χ1n) is 9.94. The van der Waals surface area contributed by atoms with Crippen LogP contribution in [0.1, 0.15) is 40.9 Å². The fraction of sp³-hybridized carbons (Fsp3) is 0.292. The number of aryl methyl sites for hydroxylation is 2. The molecule has 6 nitrogen and oxygen atoms in total. The Labute approximate surface area is 188 Å². The van der Waals surface area contributed by atoms with Crippen molar-refractivity contribution in [3.63, 3.8) is 0 Å². The summed E-state index contributed by atoms with van der Waals surface area (Å²) in [6.07, 6.45) is 0. The Morgan fingerprint density at radius 2 is 1.84 bits per heavy atom. The van der Waals surface area contributed by atoms with Crippen molar-refractivity contribution in [3.05, 3.63) is 79.6 Å². The van der Waals surface area contributed by atoms with Gasteiger partial charge in [-0.1, -0.05) is 38.1 Å². The minimum atomic E-state index is -0.838. The maximum atomic E-state index is 12.8. The van der Waals surface area contributed by atoms with E-state index < -0.39 is 17.6 Å². The van der Waals surface area contributed by atoms with Crippen LogP contribution in [0, 0.1) is 19.8 Å². The lowest BCUT2D eigenvalue weighted by atomic mass is 10.0. The van der Waals surface area contributed by atoms with E-state index in [4.69, 9.17) is 9.15 Å². The van der Waals surface area contributed by atoms with Crippen LogP contribution in [-0.4, -0.2) is 17.9 Å². The van der Waals surface area contributed by atoms with E-state index in [-0.39, 0.29) is 18.4 Å². The van der Waals surface area contributed by atoms with Crippen LogP contribution in [0.15, 0.2) is 56.1 Å². The number of carbonyl (C=O) groups is 2. The van der Waals surface area contributed by atoms with Crippen LogP contribution in [0.5, 0.6) is 0 Å². The van der Waals surface area contributed by atoms with E-state index in [2.05, 4.69) is 21.2 Å². The molecule has 0 spiro atoms. The van der Waals surface area contributed by atoms with Crippen molar-refractivity contribution in [1.82, 2.24) is 5.32 Å². The Hall–Kier alpha value is -2.93. The Morgan fingerprint density at radius 3 is 2.52 bits per heavy atom. The number of hydrogen-bond donors (Lipinski definition) is 1. The van der Waals surface area contributed by atoms with Gasteiger partial charge >= 0.3 is 11.6 Å². The number of ether oxygens (including phenoxy) is 1. The van der Waals surface area contributed by atoms with Gasteiger partial charge in [-0.05, 0) is 59.0 Å². The summed E-state index contributed by atoms with van der Waals surface area (Å²) in [5, 5.41) is 3.47. The third-order valence-electron chi connectivity index (χ3n) is 5.21. The molecule has 1 unspecified atom stereocenters. The van der Waals surface area contributed by atoms with Crippen LogP contribution < -0.4 is 10.9 Å². The molecule has 1 N–H and O–H groups in total. The van der Waals surface area contributed by atoms with Crippen molar-refractivity contribution >= 4 is 38.8 Å². The van der Waals surface area contributed by atoms with Gasteiger partial charge in [0.15, 0.2) is 0 Å². The number of fused-ring (bicyclic) bond motifs is 1. The molecule has 7 heteroatoms. The number of esters is 1. The molecule has 0 aliphatic rings. The van der Waals surface area contributed by atoms with Crippen molar-refractivity contribution in [3.8, 4) is 0 Å². The van der Waals surface area contributed by atoms with Crippen LogP contribution in [0.4, 0.5) is 0 Å². The topological polar surface area (TPSA) is 85.6 Å². The molecule has 1 aromatic heterocycles. The van der Waals surface area contributed by atoms with Gasteiger partial charge in [0.2, 0.25) is 0 Å². The van der Waals surface area contributed by atoms with Gasteiger partial charge in [0.25, 0.3) is 5.91 Å². The van der Waals surface area contributed by atoms with Gasteiger partial charge in [0.1, 0.15) is 18.2 Å². The molecule has 0 bridgehead atoms. The number of carbonyl (C=O) groups excluding carboxylic acids is 2. The molecule has 0 saturated heterocycles. The second-order valence-electron chi connectivity index (χ2n) is 7.76. The maximum absolute atomic E-state index is 12.8. The smallest absolute Gasteiger partial charge is 0.336 e. The van der Waals surface area contributed by atoms with Gasteiger partial charge in [0.05, 0.1) is 5.56 Å². The highest BCUT2D eigenvalue weighted by Crippen LogP contribution is 2.24. The maximum Gasteiger partial charge on any atom is 0.336 e. The molecule has 1 heterocycles. The normalized spacial score (nSPS) is 12.1. The highest BCUT2D eigenvalue weighted by atomic mass is 79.9. The summed E-state index contributed by atoms with van der Waals surface area (Å²) in [7, 11) is 0. The first-order valence-corrected chi connectivity index (χ1v) is 10.7. The molecule has 2 aromatic carbocycles. The lowest BCUT2D eigenvalue weighted by Gasteiger charge is -2.21. The van der Waals surface area contributed by atoms with Gasteiger partial charge < -0.3 is 14.5 Å². The highest BCUT2D eigenvalue weighted by Gasteiger charge is 2.27. The van der Waals surface area contributed by atoms with Crippen molar-refractivity contribution in [2.75, 3.05) is 0 Å². The Kier molecular flexibility index (Phi) is 6.95. The Bertz CT molecular complexity index is 1200. The minimum Gasteiger partial charge on any atom is -0.459 e. The highest BCUT2D eigenvalue weighted by molar-refractivity contribution is 9.10. The zero-order valence-corrected chi connectivity index (χ0v) is 19.4. The number of rotatable bonds is 6. The lowest BCUT2D eigenvalue weighted by molar-refractivity contribution is -0.148. The predicted molar refractivity (Wildman–Crippen MR) is 122 cm³/mol. The molecule has 1 amide bonds. The molecule has 31 heavy (non-hydrogen) atoms. The molecule has 3 aromatic rings. The predicted octanol–water partition coefficient (Wildman–Crippen LogP) is 4.67. The number of nitrogens with one attached hydrogen (secondary N) is 1. The second-order valence-corrected chi connectivity index (χ2v) is 8.61. The molecular weight excluding hydrogens is 462 g/mol. The SMILES string of the molecule is Cc1ccc2c(COC(=O)C(NC(=O)c3ccccc3Br)C(C)C)cc(=O)oc2c1C. The second kappa shape index (κ2) is 9.47. The van der Waals surface area contributed by atoms with Gasteiger partial charge in [-0.2, -0.15) is 0 Å². The van der Waals surface area contributed by atoms with E-state index in [9.17, 15) is 14.4 Å². The zero-order valence-electron chi connectivity index (χ0n) is 17.8. The van der Waals surface area contributed by atoms with E-state index >= 15 is 0 Å². The summed E-state index contributed by atoms with van der Waals surface area (Å²) >= 11 is 3.35. The van der Waals surface area contributed by atoms with E-state index in [0.29, 0.717) is 26.6 Å². The first-order chi connectivity index (χ1) is 14.7. The first kappa shape index (κ1) is 22.7. The summed E-state index contributed by atoms with van der Waals surface area (Å²) in [6, 6.07) is 11.2. The van der Waals surface area contributed by atoms with Gasteiger partial charge in [-0.15, -0.1) is 0 Å². The summed E-state index contributed by atoms with van der Waals surface area (Å²) < 4.78 is 11.5. The van der Waals surface area contributed by atoms with Crippen molar-refractivity contribution in [2.24, 2.45) is 5.92 Å². The molecule has 0 radical (unpaired) electrons. The van der Waals surface area contributed by atoms with E-state index in [1.165, 1.54) is 6.07 Å². The molecule has 3 rings (SSSR count). The van der Waals surface area contributed by atoms with Crippen molar-refractivity contribution in [2.45, 2.75) is 40.3 Å². The fourth-order valence-electron chi connectivity index (χ4n) is 3.24. The number of halogens is 1. The third kappa shape index (κ3) is 5.05. The largest absolute Gasteiger partial charge is 0.459 e. The average Bonchev–Trinajstić information content (AvgIpc) is 2.73. The van der Waals surface area contributed by atoms with Crippen molar-refractivity contribution < 1.29 is 18.7 Å². The molecular formula is C24H24BrNO5. The monoisotopic (exact) mass is 485 g/mol. The lowest BCUT2D eigenvalue weighted by Crippen LogP contribution is -2.45. The van der Waals surface area contributed by atoms with Gasteiger partial charge in [0, 0.05) is 21.5 Å². The van der Waals surface area contributed by atoms with E-state index in [1.807, 2.05) is 39.8 Å². The molecule has 1 atom stereocenters. The fourth-order valence-corrected chi connectivity index (χ4v) is 3.71.